The van der Waals surface area contributed by atoms with E-state index < -0.39 is 0 Å². The third-order valence-corrected chi connectivity index (χ3v) is 4.32. The fraction of sp³-hybridized carbons (Fsp3) is 0.312. The first-order valence-electron chi connectivity index (χ1n) is 6.68. The summed E-state index contributed by atoms with van der Waals surface area (Å²) >= 11 is 1.56. The number of methoxy groups -OCH3 is 1. The molecule has 5 heteroatoms. The predicted molar refractivity (Wildman–Crippen MR) is 83.6 cm³/mol. The van der Waals surface area contributed by atoms with Gasteiger partial charge >= 0.3 is 0 Å². The average molecular weight is 305 g/mol. The molecule has 1 aromatic heterocycles. The van der Waals surface area contributed by atoms with Crippen LogP contribution in [-0.2, 0) is 11.2 Å². The Bertz CT molecular complexity index is 566. The first-order valence-corrected chi connectivity index (χ1v) is 7.56. The zero-order valence-corrected chi connectivity index (χ0v) is 13.0. The standard InChI is InChI=1S/C16H19NO3S/c1-17(16(19)10-14-4-3-9-21-14)15(11-18)12-5-7-13(20-2)8-6-12/h3-9,15,18H,10-11H2,1-2H3/t15-/m0/s1. The number of rotatable bonds is 6. The van der Waals surface area contributed by atoms with Gasteiger partial charge in [-0.15, -0.1) is 11.3 Å². The lowest BCUT2D eigenvalue weighted by molar-refractivity contribution is -0.132. The minimum atomic E-state index is -0.344. The molecule has 2 aromatic rings. The van der Waals surface area contributed by atoms with Gasteiger partial charge in [0.25, 0.3) is 0 Å². The Morgan fingerprint density at radius 1 is 1.33 bits per heavy atom. The summed E-state index contributed by atoms with van der Waals surface area (Å²) in [5, 5.41) is 11.6. The van der Waals surface area contributed by atoms with Crippen molar-refractivity contribution < 1.29 is 14.6 Å². The normalized spacial score (nSPS) is 12.0. The monoisotopic (exact) mass is 305 g/mol. The number of aliphatic hydroxyl groups excluding tert-OH is 1. The molecule has 0 aliphatic rings. The Kier molecular flexibility index (Phi) is 5.36. The number of ether oxygens (including phenoxy) is 1. The van der Waals surface area contributed by atoms with E-state index in [1.165, 1.54) is 0 Å². The smallest absolute Gasteiger partial charge is 0.228 e. The number of nitrogens with zero attached hydrogens (tertiary/aromatic N) is 1. The maximum atomic E-state index is 12.3. The number of amides is 1. The van der Waals surface area contributed by atoms with E-state index in [1.807, 2.05) is 41.8 Å². The van der Waals surface area contributed by atoms with Crippen molar-refractivity contribution in [1.82, 2.24) is 4.90 Å². The third kappa shape index (κ3) is 3.83. The number of carbonyl (C=O) groups excluding carboxylic acids is 1. The van der Waals surface area contributed by atoms with E-state index >= 15 is 0 Å². The van der Waals surface area contributed by atoms with Crippen LogP contribution in [0.15, 0.2) is 41.8 Å². The summed E-state index contributed by atoms with van der Waals surface area (Å²) in [5.41, 5.74) is 0.889. The molecular weight excluding hydrogens is 286 g/mol. The summed E-state index contributed by atoms with van der Waals surface area (Å²) in [6.45, 7) is -0.112. The van der Waals surface area contributed by atoms with E-state index in [2.05, 4.69) is 0 Å². The van der Waals surface area contributed by atoms with Crippen LogP contribution in [-0.4, -0.2) is 36.7 Å². The lowest BCUT2D eigenvalue weighted by atomic mass is 10.1. The lowest BCUT2D eigenvalue weighted by Gasteiger charge is -2.27. The Morgan fingerprint density at radius 2 is 2.05 bits per heavy atom. The second kappa shape index (κ2) is 7.24. The number of benzene rings is 1. The Labute approximate surface area is 128 Å². The third-order valence-electron chi connectivity index (χ3n) is 3.44. The number of aliphatic hydroxyl groups is 1. The number of hydrogen-bond donors (Lipinski definition) is 1. The molecule has 4 nitrogen and oxygen atoms in total. The maximum absolute atomic E-state index is 12.3. The first-order chi connectivity index (χ1) is 10.2. The van der Waals surface area contributed by atoms with Gasteiger partial charge in [-0.2, -0.15) is 0 Å². The summed E-state index contributed by atoms with van der Waals surface area (Å²) in [6, 6.07) is 10.9. The first kappa shape index (κ1) is 15.5. The van der Waals surface area contributed by atoms with Crippen LogP contribution in [0.4, 0.5) is 0 Å². The van der Waals surface area contributed by atoms with Crippen LogP contribution < -0.4 is 4.74 Å². The van der Waals surface area contributed by atoms with E-state index in [0.29, 0.717) is 6.42 Å². The fourth-order valence-electron chi connectivity index (χ4n) is 2.14. The molecule has 0 saturated carbocycles. The zero-order valence-electron chi connectivity index (χ0n) is 12.2. The molecular formula is C16H19NO3S. The molecule has 2 rings (SSSR count). The highest BCUT2D eigenvalue weighted by atomic mass is 32.1. The molecule has 0 spiro atoms. The molecule has 0 saturated heterocycles. The van der Waals surface area contributed by atoms with Gasteiger partial charge in [0, 0.05) is 11.9 Å². The van der Waals surface area contributed by atoms with E-state index in [-0.39, 0.29) is 18.6 Å². The fourth-order valence-corrected chi connectivity index (χ4v) is 2.83. The minimum Gasteiger partial charge on any atom is -0.497 e. The van der Waals surface area contributed by atoms with Crippen molar-refractivity contribution >= 4 is 17.2 Å². The Balaban J connectivity index is 2.09. The van der Waals surface area contributed by atoms with Crippen LogP contribution in [0.1, 0.15) is 16.5 Å². The molecule has 1 N–H and O–H groups in total. The van der Waals surface area contributed by atoms with Gasteiger partial charge in [0.1, 0.15) is 5.75 Å². The summed E-state index contributed by atoms with van der Waals surface area (Å²) in [7, 11) is 3.33. The van der Waals surface area contributed by atoms with E-state index in [0.717, 1.165) is 16.2 Å². The van der Waals surface area contributed by atoms with Crippen LogP contribution in [0.5, 0.6) is 5.75 Å². The van der Waals surface area contributed by atoms with Crippen LogP contribution in [0.2, 0.25) is 0 Å². The molecule has 0 radical (unpaired) electrons. The molecule has 0 fully saturated rings. The molecule has 1 atom stereocenters. The van der Waals surface area contributed by atoms with Crippen molar-refractivity contribution in [2.75, 3.05) is 20.8 Å². The quantitative estimate of drug-likeness (QED) is 0.892. The molecule has 0 bridgehead atoms. The molecule has 1 aromatic carbocycles. The highest BCUT2D eigenvalue weighted by molar-refractivity contribution is 7.10. The van der Waals surface area contributed by atoms with Gasteiger partial charge < -0.3 is 14.7 Å². The summed E-state index contributed by atoms with van der Waals surface area (Å²) in [6.07, 6.45) is 0.362. The zero-order chi connectivity index (χ0) is 15.2. The van der Waals surface area contributed by atoms with Gasteiger partial charge in [-0.1, -0.05) is 18.2 Å². The summed E-state index contributed by atoms with van der Waals surface area (Å²) in [4.78, 5) is 14.9. The van der Waals surface area contributed by atoms with Crippen molar-refractivity contribution in [1.29, 1.82) is 0 Å². The summed E-state index contributed by atoms with van der Waals surface area (Å²) < 4.78 is 5.12. The van der Waals surface area contributed by atoms with Crippen molar-refractivity contribution in [3.05, 3.63) is 52.2 Å². The second-order valence-corrected chi connectivity index (χ2v) is 5.76. The SMILES string of the molecule is COc1ccc([C@H](CO)N(C)C(=O)Cc2cccs2)cc1. The van der Waals surface area contributed by atoms with E-state index in [9.17, 15) is 9.90 Å². The highest BCUT2D eigenvalue weighted by Crippen LogP contribution is 2.23. The van der Waals surface area contributed by atoms with Crippen molar-refractivity contribution in [3.63, 3.8) is 0 Å². The minimum absolute atomic E-state index is 0.00711. The van der Waals surface area contributed by atoms with Crippen molar-refractivity contribution in [3.8, 4) is 5.75 Å². The Morgan fingerprint density at radius 3 is 2.57 bits per heavy atom. The van der Waals surface area contributed by atoms with Crippen LogP contribution in [0.25, 0.3) is 0 Å². The maximum Gasteiger partial charge on any atom is 0.228 e. The van der Waals surface area contributed by atoms with E-state index in [1.54, 1.807) is 30.4 Å². The van der Waals surface area contributed by atoms with Gasteiger partial charge in [0.05, 0.1) is 26.2 Å². The molecule has 0 aliphatic carbocycles. The number of thiophene rings is 1. The average Bonchev–Trinajstić information content (AvgIpc) is 3.01. The van der Waals surface area contributed by atoms with E-state index in [4.69, 9.17) is 4.74 Å². The van der Waals surface area contributed by atoms with Crippen LogP contribution in [0.3, 0.4) is 0 Å². The van der Waals surface area contributed by atoms with Crippen molar-refractivity contribution in [2.45, 2.75) is 12.5 Å². The molecule has 0 aliphatic heterocycles. The van der Waals surface area contributed by atoms with Gasteiger partial charge in [-0.3, -0.25) is 4.79 Å². The largest absolute Gasteiger partial charge is 0.497 e. The molecule has 0 unspecified atom stereocenters. The van der Waals surface area contributed by atoms with Gasteiger partial charge in [0.15, 0.2) is 0 Å². The second-order valence-electron chi connectivity index (χ2n) is 4.73. The van der Waals surface area contributed by atoms with Crippen molar-refractivity contribution in [2.24, 2.45) is 0 Å². The lowest BCUT2D eigenvalue weighted by Crippen LogP contribution is -2.34. The topological polar surface area (TPSA) is 49.8 Å². The predicted octanol–water partition coefficient (Wildman–Crippen LogP) is 2.49. The number of likely N-dealkylation sites (N-methyl/N-ethyl adjacent to an activating group) is 1. The number of carbonyl (C=O) groups is 1. The molecule has 112 valence electrons. The molecule has 1 amide bonds. The molecule has 1 heterocycles. The van der Waals surface area contributed by atoms with Crippen LogP contribution >= 0.6 is 11.3 Å². The highest BCUT2D eigenvalue weighted by Gasteiger charge is 2.21. The van der Waals surface area contributed by atoms with Gasteiger partial charge in [0.2, 0.25) is 5.91 Å². The Hall–Kier alpha value is -1.85. The van der Waals surface area contributed by atoms with Gasteiger partial charge in [-0.05, 0) is 29.1 Å². The molecule has 21 heavy (non-hydrogen) atoms. The number of hydrogen-bond acceptors (Lipinski definition) is 4. The summed E-state index contributed by atoms with van der Waals surface area (Å²) in [5.74, 6) is 0.746. The van der Waals surface area contributed by atoms with Gasteiger partial charge in [-0.25, -0.2) is 0 Å². The van der Waals surface area contributed by atoms with Crippen LogP contribution in [0, 0.1) is 0 Å².